The van der Waals surface area contributed by atoms with Crippen LogP contribution in [0.3, 0.4) is 0 Å². The molecule has 0 spiro atoms. The van der Waals surface area contributed by atoms with Gasteiger partial charge in [0, 0.05) is 30.9 Å². The maximum Gasteiger partial charge on any atom is 0.416 e. The molecule has 1 amide bonds. The van der Waals surface area contributed by atoms with E-state index in [9.17, 15) is 31.1 Å². The molecule has 2 heterocycles. The lowest BCUT2D eigenvalue weighted by molar-refractivity contribution is -0.143. The summed E-state index contributed by atoms with van der Waals surface area (Å²) < 4.78 is 79.2. The fraction of sp³-hybridized carbons (Fsp3) is 0.450. The maximum absolute atomic E-state index is 13.0. The average molecular weight is 461 g/mol. The van der Waals surface area contributed by atoms with Crippen LogP contribution in [-0.2, 0) is 17.1 Å². The molecule has 12 heteroatoms. The van der Waals surface area contributed by atoms with Crippen LogP contribution in [0, 0.1) is 5.92 Å². The highest BCUT2D eigenvalue weighted by atomic mass is 19.4. The van der Waals surface area contributed by atoms with Crippen LogP contribution in [0.2, 0.25) is 0 Å². The van der Waals surface area contributed by atoms with Crippen molar-refractivity contribution in [3.05, 3.63) is 41.7 Å². The first-order valence-electron chi connectivity index (χ1n) is 9.77. The van der Waals surface area contributed by atoms with Crippen LogP contribution in [0.25, 0.3) is 17.6 Å². The summed E-state index contributed by atoms with van der Waals surface area (Å²) in [5.74, 6) is -0.390. The van der Waals surface area contributed by atoms with Gasteiger partial charge in [0.1, 0.15) is 6.33 Å². The number of amides is 1. The smallest absolute Gasteiger partial charge is 0.352 e. The second-order valence-corrected chi connectivity index (χ2v) is 7.67. The van der Waals surface area contributed by atoms with Gasteiger partial charge < -0.3 is 10.2 Å². The Morgan fingerprint density at radius 3 is 2.41 bits per heavy atom. The predicted molar refractivity (Wildman–Crippen MR) is 104 cm³/mol. The SMILES string of the molecule is CN1CCCC(CNC(=O)/C=C/n2cnc(-c3cc(C(F)(F)F)cc(C(F)(F)F)c3)n2)C1. The summed E-state index contributed by atoms with van der Waals surface area (Å²) in [7, 11) is 2.01. The average Bonchev–Trinajstić information content (AvgIpc) is 3.18. The largest absolute Gasteiger partial charge is 0.416 e. The molecule has 1 atom stereocenters. The van der Waals surface area contributed by atoms with Gasteiger partial charge in [0.2, 0.25) is 5.91 Å². The first-order chi connectivity index (χ1) is 14.9. The summed E-state index contributed by atoms with van der Waals surface area (Å²) >= 11 is 0. The van der Waals surface area contributed by atoms with E-state index in [-0.39, 0.29) is 11.9 Å². The number of carbonyl (C=O) groups excluding carboxylic acids is 1. The van der Waals surface area contributed by atoms with Crippen molar-refractivity contribution in [3.63, 3.8) is 0 Å². The lowest BCUT2D eigenvalue weighted by Crippen LogP contribution is -2.38. The van der Waals surface area contributed by atoms with Crippen molar-refractivity contribution in [2.24, 2.45) is 5.92 Å². The molecule has 0 radical (unpaired) electrons. The molecule has 32 heavy (non-hydrogen) atoms. The van der Waals surface area contributed by atoms with Crippen LogP contribution < -0.4 is 5.32 Å². The Labute approximate surface area is 179 Å². The number of nitrogens with zero attached hydrogens (tertiary/aromatic N) is 4. The molecule has 1 aliphatic rings. The first kappa shape index (κ1) is 23.8. The van der Waals surface area contributed by atoms with Gasteiger partial charge in [0.15, 0.2) is 5.82 Å². The van der Waals surface area contributed by atoms with E-state index >= 15 is 0 Å². The number of nitrogens with one attached hydrogen (secondary N) is 1. The fourth-order valence-electron chi connectivity index (χ4n) is 3.45. The molecule has 0 bridgehead atoms. The molecule has 1 unspecified atom stereocenters. The number of benzene rings is 1. The van der Waals surface area contributed by atoms with Crippen LogP contribution in [0.4, 0.5) is 26.3 Å². The van der Waals surface area contributed by atoms with E-state index in [1.807, 2.05) is 7.05 Å². The van der Waals surface area contributed by atoms with Gasteiger partial charge >= 0.3 is 12.4 Å². The Hall–Kier alpha value is -2.89. The number of piperidine rings is 1. The lowest BCUT2D eigenvalue weighted by Gasteiger charge is -2.29. The number of halogens is 6. The highest BCUT2D eigenvalue weighted by Gasteiger charge is 2.37. The molecular weight excluding hydrogens is 440 g/mol. The third-order valence-corrected chi connectivity index (χ3v) is 5.02. The van der Waals surface area contributed by atoms with E-state index in [0.29, 0.717) is 24.6 Å². The zero-order chi connectivity index (χ0) is 23.5. The normalized spacial score (nSPS) is 18.3. The van der Waals surface area contributed by atoms with Crippen LogP contribution in [0.1, 0.15) is 24.0 Å². The van der Waals surface area contributed by atoms with Gasteiger partial charge in [-0.15, -0.1) is 5.10 Å². The quantitative estimate of drug-likeness (QED) is 0.542. The van der Waals surface area contributed by atoms with Crippen LogP contribution >= 0.6 is 0 Å². The van der Waals surface area contributed by atoms with E-state index in [1.165, 1.54) is 6.20 Å². The molecule has 1 saturated heterocycles. The monoisotopic (exact) mass is 461 g/mol. The summed E-state index contributed by atoms with van der Waals surface area (Å²) in [6.45, 7) is 2.41. The minimum Gasteiger partial charge on any atom is -0.352 e. The molecule has 1 aliphatic heterocycles. The Kier molecular flexibility index (Phi) is 6.91. The molecule has 3 rings (SSSR count). The molecule has 6 nitrogen and oxygen atoms in total. The van der Waals surface area contributed by atoms with E-state index in [0.717, 1.165) is 43.0 Å². The van der Waals surface area contributed by atoms with Crippen molar-refractivity contribution in [2.75, 3.05) is 26.7 Å². The topological polar surface area (TPSA) is 63.1 Å². The fourth-order valence-corrected chi connectivity index (χ4v) is 3.45. The predicted octanol–water partition coefficient (Wildman–Crippen LogP) is 3.91. The highest BCUT2D eigenvalue weighted by molar-refractivity contribution is 5.90. The number of hydrogen-bond donors (Lipinski definition) is 1. The molecule has 1 aromatic heterocycles. The Morgan fingerprint density at radius 1 is 1.16 bits per heavy atom. The minimum absolute atomic E-state index is 0.0365. The zero-order valence-electron chi connectivity index (χ0n) is 17.0. The van der Waals surface area contributed by atoms with E-state index < -0.39 is 35.0 Å². The summed E-state index contributed by atoms with van der Waals surface area (Å²) in [6, 6.07) is 1.13. The summed E-state index contributed by atoms with van der Waals surface area (Å²) in [5.41, 5.74) is -3.35. The van der Waals surface area contributed by atoms with Gasteiger partial charge in [0.25, 0.3) is 0 Å². The third kappa shape index (κ3) is 6.31. The van der Waals surface area contributed by atoms with Gasteiger partial charge in [-0.2, -0.15) is 26.3 Å². The summed E-state index contributed by atoms with van der Waals surface area (Å²) in [4.78, 5) is 18.0. The number of likely N-dealkylation sites (tertiary alicyclic amines) is 1. The standard InChI is InChI=1S/C20H21F6N5O/c1-30-5-2-3-13(11-30)10-27-17(32)4-6-31-12-28-18(29-31)14-7-15(19(21,22)23)9-16(8-14)20(24,25)26/h4,6-9,12-13H,2-3,5,10-11H2,1H3,(H,27,32)/b6-4+. The number of rotatable bonds is 5. The first-order valence-corrected chi connectivity index (χ1v) is 9.77. The Morgan fingerprint density at radius 2 is 1.81 bits per heavy atom. The number of hydrogen-bond acceptors (Lipinski definition) is 4. The summed E-state index contributed by atoms with van der Waals surface area (Å²) in [5, 5.41) is 6.62. The number of carbonyl (C=O) groups is 1. The Balaban J connectivity index is 1.70. The van der Waals surface area contributed by atoms with Crippen LogP contribution in [0.15, 0.2) is 30.6 Å². The van der Waals surface area contributed by atoms with Crippen LogP contribution in [-0.4, -0.2) is 52.3 Å². The molecule has 0 saturated carbocycles. The van der Waals surface area contributed by atoms with Crippen molar-refractivity contribution in [3.8, 4) is 11.4 Å². The molecule has 2 aromatic rings. The van der Waals surface area contributed by atoms with Gasteiger partial charge in [-0.05, 0) is 50.6 Å². The van der Waals surface area contributed by atoms with Crippen molar-refractivity contribution < 1.29 is 31.1 Å². The van der Waals surface area contributed by atoms with Gasteiger partial charge in [-0.1, -0.05) is 0 Å². The van der Waals surface area contributed by atoms with E-state index in [4.69, 9.17) is 0 Å². The van der Waals surface area contributed by atoms with Crippen molar-refractivity contribution in [2.45, 2.75) is 25.2 Å². The van der Waals surface area contributed by atoms with E-state index in [2.05, 4.69) is 20.3 Å². The van der Waals surface area contributed by atoms with Gasteiger partial charge in [0.05, 0.1) is 11.1 Å². The van der Waals surface area contributed by atoms with Crippen molar-refractivity contribution in [1.29, 1.82) is 0 Å². The number of alkyl halides is 6. The molecule has 1 N–H and O–H groups in total. The minimum atomic E-state index is -4.97. The summed E-state index contributed by atoms with van der Waals surface area (Å²) in [6.07, 6.45) is -4.40. The molecule has 0 aliphatic carbocycles. The second-order valence-electron chi connectivity index (χ2n) is 7.67. The van der Waals surface area contributed by atoms with E-state index in [1.54, 1.807) is 0 Å². The molecular formula is C20H21F6N5O. The molecule has 1 aromatic carbocycles. The van der Waals surface area contributed by atoms with Crippen LogP contribution in [0.5, 0.6) is 0 Å². The number of aromatic nitrogens is 3. The Bertz CT molecular complexity index is 949. The second kappa shape index (κ2) is 9.31. The zero-order valence-corrected chi connectivity index (χ0v) is 17.0. The lowest BCUT2D eigenvalue weighted by atomic mass is 9.98. The third-order valence-electron chi connectivity index (χ3n) is 5.02. The van der Waals surface area contributed by atoms with Gasteiger partial charge in [-0.3, -0.25) is 4.79 Å². The van der Waals surface area contributed by atoms with Gasteiger partial charge in [-0.25, -0.2) is 9.67 Å². The highest BCUT2D eigenvalue weighted by Crippen LogP contribution is 2.38. The van der Waals surface area contributed by atoms with Crippen molar-refractivity contribution in [1.82, 2.24) is 25.0 Å². The molecule has 1 fully saturated rings. The molecule has 174 valence electrons. The van der Waals surface area contributed by atoms with Crippen molar-refractivity contribution >= 4 is 12.1 Å². The maximum atomic E-state index is 13.0.